The minimum Gasteiger partial charge on any atom is -0.496 e. The fourth-order valence-electron chi connectivity index (χ4n) is 4.26. The Morgan fingerprint density at radius 1 is 0.550 bits per heavy atom. The van der Waals surface area contributed by atoms with Gasteiger partial charge < -0.3 is 19.3 Å². The van der Waals surface area contributed by atoms with E-state index >= 15 is 0 Å². The molecule has 0 unspecified atom stereocenters. The van der Waals surface area contributed by atoms with Gasteiger partial charge in [-0.15, -0.1) is 0 Å². The number of para-hydroxylation sites is 4. The number of carbonyl (C=O) groups is 2. The lowest BCUT2D eigenvalue weighted by atomic mass is 10.1. The van der Waals surface area contributed by atoms with E-state index in [0.717, 1.165) is 22.5 Å². The van der Waals surface area contributed by atoms with Gasteiger partial charge in [-0.05, 0) is 48.6 Å². The molecular weight excluding hydrogens is 500 g/mol. The Morgan fingerprint density at radius 2 is 0.900 bits per heavy atom. The van der Waals surface area contributed by atoms with Gasteiger partial charge in [-0.25, -0.2) is 0 Å². The quantitative estimate of drug-likeness (QED) is 0.207. The normalized spacial score (nSPS) is 10.9. The molecular formula is C34H32N2O4. The fraction of sp³-hybridized carbons (Fsp3) is 0.118. The number of rotatable bonds is 11. The first-order chi connectivity index (χ1) is 19.6. The summed E-state index contributed by atoms with van der Waals surface area (Å²) in [5, 5.41) is 0. The number of hydrogen-bond acceptors (Lipinski definition) is 4. The lowest BCUT2D eigenvalue weighted by Crippen LogP contribution is -2.40. The van der Waals surface area contributed by atoms with E-state index in [1.165, 1.54) is 12.2 Å². The molecule has 0 aliphatic heterocycles. The van der Waals surface area contributed by atoms with Crippen molar-refractivity contribution in [2.45, 2.75) is 0 Å². The van der Waals surface area contributed by atoms with Gasteiger partial charge in [-0.1, -0.05) is 72.8 Å². The minimum atomic E-state index is -0.206. The summed E-state index contributed by atoms with van der Waals surface area (Å²) in [6, 6.07) is 33.9. The molecule has 6 nitrogen and oxygen atoms in total. The zero-order valence-electron chi connectivity index (χ0n) is 22.6. The van der Waals surface area contributed by atoms with Crippen molar-refractivity contribution in [1.29, 1.82) is 0 Å². The van der Waals surface area contributed by atoms with Gasteiger partial charge in [0.2, 0.25) is 0 Å². The van der Waals surface area contributed by atoms with Gasteiger partial charge in [0.1, 0.15) is 11.5 Å². The Bertz CT molecular complexity index is 1350. The number of nitrogens with zero attached hydrogens (tertiary/aromatic N) is 2. The SMILES string of the molecule is COc1ccccc1/C=C/C(=O)N(CCN(C(=O)/C=C/c1ccccc1OC)c1ccccc1)c1ccccc1. The maximum absolute atomic E-state index is 13.5. The molecule has 0 bridgehead atoms. The predicted molar refractivity (Wildman–Crippen MR) is 162 cm³/mol. The summed E-state index contributed by atoms with van der Waals surface area (Å²) < 4.78 is 10.8. The summed E-state index contributed by atoms with van der Waals surface area (Å²) in [4.78, 5) is 30.3. The number of ether oxygens (including phenoxy) is 2. The lowest BCUT2D eigenvalue weighted by molar-refractivity contribution is -0.115. The van der Waals surface area contributed by atoms with Crippen LogP contribution < -0.4 is 19.3 Å². The van der Waals surface area contributed by atoms with Gasteiger partial charge >= 0.3 is 0 Å². The topological polar surface area (TPSA) is 59.1 Å². The Balaban J connectivity index is 1.59. The Hall–Kier alpha value is -5.10. The zero-order valence-corrected chi connectivity index (χ0v) is 22.6. The van der Waals surface area contributed by atoms with E-state index in [-0.39, 0.29) is 24.9 Å². The molecule has 0 saturated carbocycles. The van der Waals surface area contributed by atoms with Gasteiger partial charge in [0.25, 0.3) is 11.8 Å². The van der Waals surface area contributed by atoms with E-state index in [1.54, 1.807) is 36.2 Å². The van der Waals surface area contributed by atoms with E-state index in [9.17, 15) is 9.59 Å². The summed E-state index contributed by atoms with van der Waals surface area (Å²) in [5.74, 6) is 0.949. The van der Waals surface area contributed by atoms with Gasteiger partial charge in [0.15, 0.2) is 0 Å². The number of anilines is 2. The molecule has 0 atom stereocenters. The predicted octanol–water partition coefficient (Wildman–Crippen LogP) is 6.50. The molecule has 4 aromatic rings. The number of amides is 2. The number of benzene rings is 4. The molecule has 4 aromatic carbocycles. The molecule has 0 aromatic heterocycles. The monoisotopic (exact) mass is 532 g/mol. The van der Waals surface area contributed by atoms with Crippen LogP contribution in [-0.4, -0.2) is 39.1 Å². The van der Waals surface area contributed by atoms with Crippen LogP contribution in [0.4, 0.5) is 11.4 Å². The van der Waals surface area contributed by atoms with Crippen molar-refractivity contribution in [2.75, 3.05) is 37.1 Å². The van der Waals surface area contributed by atoms with Crippen LogP contribution in [0.1, 0.15) is 11.1 Å². The third-order valence-corrected chi connectivity index (χ3v) is 6.30. The first-order valence-corrected chi connectivity index (χ1v) is 13.0. The third-order valence-electron chi connectivity index (χ3n) is 6.30. The Kier molecular flexibility index (Phi) is 9.89. The van der Waals surface area contributed by atoms with Crippen molar-refractivity contribution in [3.8, 4) is 11.5 Å². The average molecular weight is 533 g/mol. The van der Waals surface area contributed by atoms with Crippen LogP contribution in [-0.2, 0) is 9.59 Å². The van der Waals surface area contributed by atoms with E-state index in [0.29, 0.717) is 11.5 Å². The summed E-state index contributed by atoms with van der Waals surface area (Å²) in [7, 11) is 3.20. The molecule has 40 heavy (non-hydrogen) atoms. The molecule has 4 rings (SSSR count). The second kappa shape index (κ2) is 14.2. The average Bonchev–Trinajstić information content (AvgIpc) is 3.02. The lowest BCUT2D eigenvalue weighted by Gasteiger charge is -2.27. The molecule has 0 aliphatic carbocycles. The second-order valence-electron chi connectivity index (χ2n) is 8.80. The van der Waals surface area contributed by atoms with Gasteiger partial charge in [-0.3, -0.25) is 9.59 Å². The fourth-order valence-corrected chi connectivity index (χ4v) is 4.26. The van der Waals surface area contributed by atoms with E-state index in [4.69, 9.17) is 9.47 Å². The summed E-state index contributed by atoms with van der Waals surface area (Å²) in [5.41, 5.74) is 3.08. The van der Waals surface area contributed by atoms with E-state index in [2.05, 4.69) is 0 Å². The van der Waals surface area contributed by atoms with Crippen molar-refractivity contribution < 1.29 is 19.1 Å². The highest BCUT2D eigenvalue weighted by Crippen LogP contribution is 2.22. The van der Waals surface area contributed by atoms with Crippen molar-refractivity contribution in [1.82, 2.24) is 0 Å². The first kappa shape index (κ1) is 27.9. The standard InChI is InChI=1S/C34H32N2O4/c1-39-31-19-11-9-13-27(31)21-23-33(37)35(29-15-5-3-6-16-29)25-26-36(30-17-7-4-8-18-30)34(38)24-22-28-14-10-12-20-32(28)40-2/h3-24H,25-26H2,1-2H3/b23-21+,24-22+. The van der Waals surface area contributed by atoms with Crippen LogP contribution in [0.2, 0.25) is 0 Å². The molecule has 0 radical (unpaired) electrons. The largest absolute Gasteiger partial charge is 0.496 e. The highest BCUT2D eigenvalue weighted by atomic mass is 16.5. The van der Waals surface area contributed by atoms with Crippen LogP contribution >= 0.6 is 0 Å². The zero-order chi connectivity index (χ0) is 28.2. The van der Waals surface area contributed by atoms with Crippen LogP contribution in [0.3, 0.4) is 0 Å². The molecule has 0 fully saturated rings. The van der Waals surface area contributed by atoms with Crippen molar-refractivity contribution in [3.05, 3.63) is 132 Å². The van der Waals surface area contributed by atoms with Crippen LogP contribution in [0.25, 0.3) is 12.2 Å². The molecule has 0 aliphatic rings. The molecule has 0 saturated heterocycles. The molecule has 2 amide bonds. The van der Waals surface area contributed by atoms with Crippen LogP contribution in [0.15, 0.2) is 121 Å². The van der Waals surface area contributed by atoms with Gasteiger partial charge in [0.05, 0.1) is 14.2 Å². The van der Waals surface area contributed by atoms with E-state index < -0.39 is 0 Å². The van der Waals surface area contributed by atoms with Crippen molar-refractivity contribution in [3.63, 3.8) is 0 Å². The maximum Gasteiger partial charge on any atom is 0.251 e. The number of hydrogen-bond donors (Lipinski definition) is 0. The third kappa shape index (κ3) is 7.26. The minimum absolute atomic E-state index is 0.206. The number of carbonyl (C=O) groups excluding carboxylic acids is 2. The second-order valence-corrected chi connectivity index (χ2v) is 8.80. The van der Waals surface area contributed by atoms with E-state index in [1.807, 2.05) is 109 Å². The highest BCUT2D eigenvalue weighted by Gasteiger charge is 2.19. The smallest absolute Gasteiger partial charge is 0.251 e. The Labute approximate surface area is 235 Å². The van der Waals surface area contributed by atoms with Crippen molar-refractivity contribution >= 4 is 35.3 Å². The number of methoxy groups -OCH3 is 2. The van der Waals surface area contributed by atoms with Crippen LogP contribution in [0.5, 0.6) is 11.5 Å². The molecule has 0 N–H and O–H groups in total. The maximum atomic E-state index is 13.5. The molecule has 6 heteroatoms. The van der Waals surface area contributed by atoms with Gasteiger partial charge in [-0.2, -0.15) is 0 Å². The summed E-state index contributed by atoms with van der Waals surface area (Å²) in [6.07, 6.45) is 6.54. The molecule has 0 spiro atoms. The molecule has 0 heterocycles. The Morgan fingerprint density at radius 3 is 1.27 bits per heavy atom. The van der Waals surface area contributed by atoms with Gasteiger partial charge in [0, 0.05) is 47.7 Å². The summed E-state index contributed by atoms with van der Waals surface area (Å²) >= 11 is 0. The van der Waals surface area contributed by atoms with Crippen molar-refractivity contribution in [2.24, 2.45) is 0 Å². The van der Waals surface area contributed by atoms with Crippen LogP contribution in [0, 0.1) is 0 Å². The summed E-state index contributed by atoms with van der Waals surface area (Å²) in [6.45, 7) is 0.560. The highest BCUT2D eigenvalue weighted by molar-refractivity contribution is 6.06. The molecule has 202 valence electrons. The first-order valence-electron chi connectivity index (χ1n) is 13.0.